The van der Waals surface area contributed by atoms with Crippen LogP contribution in [-0.2, 0) is 11.9 Å². The Kier molecular flexibility index (Phi) is 4.80. The summed E-state index contributed by atoms with van der Waals surface area (Å²) in [5.41, 5.74) is 0.567. The van der Waals surface area contributed by atoms with Gasteiger partial charge in [-0.3, -0.25) is 4.98 Å². The Hall–Kier alpha value is -2.41. The van der Waals surface area contributed by atoms with Crippen LogP contribution in [0.5, 0.6) is 0 Å². The van der Waals surface area contributed by atoms with Crippen LogP contribution in [0.2, 0.25) is 0 Å². The highest BCUT2D eigenvalue weighted by molar-refractivity contribution is 7.98. The van der Waals surface area contributed by atoms with Crippen molar-refractivity contribution in [2.45, 2.75) is 17.0 Å². The van der Waals surface area contributed by atoms with E-state index in [2.05, 4.69) is 15.0 Å². The summed E-state index contributed by atoms with van der Waals surface area (Å²) in [6.07, 6.45) is -1.53. The third-order valence-corrected chi connectivity index (χ3v) is 4.14. The monoisotopic (exact) mass is 347 g/mol. The van der Waals surface area contributed by atoms with E-state index in [0.29, 0.717) is 11.3 Å². The van der Waals surface area contributed by atoms with Crippen molar-refractivity contribution in [1.29, 1.82) is 0 Å². The van der Waals surface area contributed by atoms with Crippen LogP contribution in [0.15, 0.2) is 66.0 Å². The molecule has 0 amide bonds. The molecule has 3 rings (SSSR count). The van der Waals surface area contributed by atoms with Crippen LogP contribution >= 0.6 is 11.8 Å². The summed E-state index contributed by atoms with van der Waals surface area (Å²) in [5, 5.41) is 0.285. The van der Waals surface area contributed by atoms with E-state index >= 15 is 0 Å². The first-order chi connectivity index (χ1) is 11.5. The maximum absolute atomic E-state index is 13.1. The maximum Gasteiger partial charge on any atom is 0.433 e. The van der Waals surface area contributed by atoms with E-state index in [9.17, 15) is 13.2 Å². The Morgan fingerprint density at radius 1 is 0.917 bits per heavy atom. The summed E-state index contributed by atoms with van der Waals surface area (Å²) in [7, 11) is 0. The molecule has 3 aromatic rings. The summed E-state index contributed by atoms with van der Waals surface area (Å²) in [4.78, 5) is 11.8. The minimum Gasteiger partial charge on any atom is -0.265 e. The Labute approximate surface area is 141 Å². The van der Waals surface area contributed by atoms with Gasteiger partial charge in [0.05, 0.1) is 0 Å². The quantitative estimate of drug-likeness (QED) is 0.499. The van der Waals surface area contributed by atoms with E-state index in [1.54, 1.807) is 12.1 Å². The SMILES string of the molecule is FC(F)(F)c1cc(SCc2ccccc2)nc(-c2ccncc2)n1. The number of thioether (sulfide) groups is 1. The third-order valence-electron chi connectivity index (χ3n) is 3.16. The van der Waals surface area contributed by atoms with Crippen molar-refractivity contribution in [2.24, 2.45) is 0 Å². The van der Waals surface area contributed by atoms with Gasteiger partial charge in [-0.05, 0) is 17.7 Å². The number of alkyl halides is 3. The molecule has 0 N–H and O–H groups in total. The Bertz CT molecular complexity index is 808. The second-order valence-electron chi connectivity index (χ2n) is 4.92. The van der Waals surface area contributed by atoms with Gasteiger partial charge in [0.15, 0.2) is 5.82 Å². The molecule has 0 unspecified atom stereocenters. The first-order valence-electron chi connectivity index (χ1n) is 7.06. The summed E-state index contributed by atoms with van der Waals surface area (Å²) >= 11 is 1.25. The predicted molar refractivity (Wildman–Crippen MR) is 86.3 cm³/mol. The minimum atomic E-state index is -4.52. The van der Waals surface area contributed by atoms with Gasteiger partial charge in [-0.2, -0.15) is 13.2 Å². The molecule has 0 bridgehead atoms. The molecule has 0 saturated heterocycles. The van der Waals surface area contributed by atoms with Gasteiger partial charge in [-0.15, -0.1) is 11.8 Å². The molecule has 0 saturated carbocycles. The number of rotatable bonds is 4. The van der Waals surface area contributed by atoms with Crippen molar-refractivity contribution in [3.63, 3.8) is 0 Å². The van der Waals surface area contributed by atoms with Crippen LogP contribution in [0.4, 0.5) is 13.2 Å². The first-order valence-corrected chi connectivity index (χ1v) is 8.04. The lowest BCUT2D eigenvalue weighted by atomic mass is 10.2. The molecule has 0 fully saturated rings. The van der Waals surface area contributed by atoms with Crippen LogP contribution < -0.4 is 0 Å². The number of hydrogen-bond donors (Lipinski definition) is 0. The number of halogens is 3. The lowest BCUT2D eigenvalue weighted by molar-refractivity contribution is -0.141. The van der Waals surface area contributed by atoms with E-state index in [1.807, 2.05) is 30.3 Å². The van der Waals surface area contributed by atoms with Gasteiger partial charge in [0.1, 0.15) is 10.7 Å². The lowest BCUT2D eigenvalue weighted by Gasteiger charge is -2.10. The van der Waals surface area contributed by atoms with Gasteiger partial charge in [-0.1, -0.05) is 30.3 Å². The summed E-state index contributed by atoms with van der Waals surface area (Å²) in [5.74, 6) is 0.577. The van der Waals surface area contributed by atoms with Gasteiger partial charge >= 0.3 is 6.18 Å². The summed E-state index contributed by atoms with van der Waals surface area (Å²) < 4.78 is 39.3. The van der Waals surface area contributed by atoms with Crippen molar-refractivity contribution in [3.8, 4) is 11.4 Å². The Balaban J connectivity index is 1.93. The second kappa shape index (κ2) is 7.00. The van der Waals surface area contributed by atoms with Gasteiger partial charge in [0.25, 0.3) is 0 Å². The summed E-state index contributed by atoms with van der Waals surface area (Å²) in [6.45, 7) is 0. The average molecular weight is 347 g/mol. The molecule has 7 heteroatoms. The van der Waals surface area contributed by atoms with Crippen molar-refractivity contribution < 1.29 is 13.2 Å². The molecule has 2 aromatic heterocycles. The largest absolute Gasteiger partial charge is 0.433 e. The van der Waals surface area contributed by atoms with Gasteiger partial charge in [-0.25, -0.2) is 9.97 Å². The Morgan fingerprint density at radius 3 is 2.29 bits per heavy atom. The van der Waals surface area contributed by atoms with Crippen LogP contribution in [0.1, 0.15) is 11.3 Å². The van der Waals surface area contributed by atoms with E-state index in [-0.39, 0.29) is 10.9 Å². The molecule has 24 heavy (non-hydrogen) atoms. The third kappa shape index (κ3) is 4.11. The molecule has 0 aliphatic rings. The minimum absolute atomic E-state index is 0.0442. The predicted octanol–water partition coefficient (Wildman–Crippen LogP) is 4.85. The number of nitrogens with zero attached hydrogens (tertiary/aromatic N) is 3. The highest BCUT2D eigenvalue weighted by Gasteiger charge is 2.33. The topological polar surface area (TPSA) is 38.7 Å². The van der Waals surface area contributed by atoms with Crippen molar-refractivity contribution >= 4 is 11.8 Å². The molecule has 0 aliphatic heterocycles. The fraction of sp³-hybridized carbons (Fsp3) is 0.118. The van der Waals surface area contributed by atoms with Crippen LogP contribution in [0.3, 0.4) is 0 Å². The molecule has 3 nitrogen and oxygen atoms in total. The zero-order chi connectivity index (χ0) is 17.0. The molecular weight excluding hydrogens is 335 g/mol. The zero-order valence-electron chi connectivity index (χ0n) is 12.4. The van der Waals surface area contributed by atoms with E-state index in [4.69, 9.17) is 0 Å². The number of benzene rings is 1. The van der Waals surface area contributed by atoms with Gasteiger partial charge in [0.2, 0.25) is 0 Å². The molecule has 122 valence electrons. The van der Waals surface area contributed by atoms with Crippen LogP contribution in [0, 0.1) is 0 Å². The average Bonchev–Trinajstić information content (AvgIpc) is 2.61. The smallest absolute Gasteiger partial charge is 0.265 e. The molecule has 0 radical (unpaired) electrons. The molecule has 2 heterocycles. The molecule has 0 aliphatic carbocycles. The highest BCUT2D eigenvalue weighted by atomic mass is 32.2. The molecule has 1 aromatic carbocycles. The highest BCUT2D eigenvalue weighted by Crippen LogP contribution is 2.32. The standard InChI is InChI=1S/C17H12F3N3S/c18-17(19,20)14-10-15(24-11-12-4-2-1-3-5-12)23-16(22-14)13-6-8-21-9-7-13/h1-10H,11H2. The number of pyridine rings is 1. The van der Waals surface area contributed by atoms with Crippen molar-refractivity contribution in [3.05, 3.63) is 72.2 Å². The van der Waals surface area contributed by atoms with Crippen molar-refractivity contribution in [1.82, 2.24) is 15.0 Å². The van der Waals surface area contributed by atoms with Crippen molar-refractivity contribution in [2.75, 3.05) is 0 Å². The normalized spacial score (nSPS) is 11.5. The van der Waals surface area contributed by atoms with E-state index < -0.39 is 11.9 Å². The fourth-order valence-corrected chi connectivity index (χ4v) is 2.86. The van der Waals surface area contributed by atoms with Crippen LogP contribution in [0.25, 0.3) is 11.4 Å². The summed E-state index contributed by atoms with van der Waals surface area (Å²) in [6, 6.07) is 13.7. The molecular formula is C17H12F3N3S. The van der Waals surface area contributed by atoms with Gasteiger partial charge < -0.3 is 0 Å². The second-order valence-corrected chi connectivity index (χ2v) is 5.92. The van der Waals surface area contributed by atoms with E-state index in [0.717, 1.165) is 11.6 Å². The maximum atomic E-state index is 13.1. The number of aromatic nitrogens is 3. The van der Waals surface area contributed by atoms with E-state index in [1.165, 1.54) is 24.2 Å². The Morgan fingerprint density at radius 2 is 1.62 bits per heavy atom. The molecule has 0 atom stereocenters. The number of hydrogen-bond acceptors (Lipinski definition) is 4. The van der Waals surface area contributed by atoms with Gasteiger partial charge in [0, 0.05) is 29.8 Å². The fourth-order valence-electron chi connectivity index (χ4n) is 2.01. The molecule has 0 spiro atoms. The first kappa shape index (κ1) is 16.4. The van der Waals surface area contributed by atoms with Crippen LogP contribution in [-0.4, -0.2) is 15.0 Å². The zero-order valence-corrected chi connectivity index (χ0v) is 13.2. The lowest BCUT2D eigenvalue weighted by Crippen LogP contribution is -2.10.